The van der Waals surface area contributed by atoms with E-state index >= 15 is 0 Å². The maximum Gasteiger partial charge on any atom is 0.237 e. The van der Waals surface area contributed by atoms with Gasteiger partial charge in [-0.05, 0) is 47.1 Å². The summed E-state index contributed by atoms with van der Waals surface area (Å²) in [6.45, 7) is 10.0. The van der Waals surface area contributed by atoms with Gasteiger partial charge in [-0.15, -0.1) is 0 Å². The van der Waals surface area contributed by atoms with Crippen LogP contribution in [0.2, 0.25) is 0 Å². The summed E-state index contributed by atoms with van der Waals surface area (Å²) >= 11 is 0. The Morgan fingerprint density at radius 3 is 2.69 bits per heavy atom. The molecule has 0 aromatic carbocycles. The van der Waals surface area contributed by atoms with Gasteiger partial charge < -0.3 is 11.1 Å². The SMILES string of the molecule is CC(C)N1C(CCN)C(=O)NCCC1(C)C. The van der Waals surface area contributed by atoms with Crippen molar-refractivity contribution >= 4 is 5.91 Å². The lowest BCUT2D eigenvalue weighted by molar-refractivity contribution is -0.128. The molecule has 0 bridgehead atoms. The number of rotatable bonds is 3. The molecule has 1 rings (SSSR count). The first-order valence-electron chi connectivity index (χ1n) is 6.16. The lowest BCUT2D eigenvalue weighted by Crippen LogP contribution is -2.56. The lowest BCUT2D eigenvalue weighted by atomic mass is 9.94. The topological polar surface area (TPSA) is 58.4 Å². The van der Waals surface area contributed by atoms with E-state index in [1.165, 1.54) is 0 Å². The molecule has 1 amide bonds. The highest BCUT2D eigenvalue weighted by molar-refractivity contribution is 5.82. The normalized spacial score (nSPS) is 26.6. The Morgan fingerprint density at radius 2 is 2.19 bits per heavy atom. The average Bonchev–Trinajstić information content (AvgIpc) is 2.24. The van der Waals surface area contributed by atoms with Gasteiger partial charge in [-0.2, -0.15) is 0 Å². The van der Waals surface area contributed by atoms with Crippen molar-refractivity contribution in [2.45, 2.75) is 58.2 Å². The fourth-order valence-corrected chi connectivity index (χ4v) is 2.77. The third kappa shape index (κ3) is 2.74. The summed E-state index contributed by atoms with van der Waals surface area (Å²) in [7, 11) is 0. The Labute approximate surface area is 98.6 Å². The predicted octanol–water partition coefficient (Wildman–Crippen LogP) is 0.713. The molecule has 1 fully saturated rings. The molecule has 0 aliphatic carbocycles. The fourth-order valence-electron chi connectivity index (χ4n) is 2.77. The van der Waals surface area contributed by atoms with Gasteiger partial charge in [-0.1, -0.05) is 0 Å². The van der Waals surface area contributed by atoms with E-state index in [2.05, 4.69) is 37.9 Å². The second-order valence-corrected chi connectivity index (χ2v) is 5.45. The van der Waals surface area contributed by atoms with E-state index in [-0.39, 0.29) is 17.5 Å². The van der Waals surface area contributed by atoms with Crippen LogP contribution in [-0.2, 0) is 4.79 Å². The molecule has 4 heteroatoms. The van der Waals surface area contributed by atoms with E-state index in [0.29, 0.717) is 12.6 Å². The number of amides is 1. The third-order valence-electron chi connectivity index (χ3n) is 3.37. The molecule has 0 saturated carbocycles. The third-order valence-corrected chi connectivity index (χ3v) is 3.37. The van der Waals surface area contributed by atoms with Gasteiger partial charge >= 0.3 is 0 Å². The average molecular weight is 227 g/mol. The van der Waals surface area contributed by atoms with Crippen LogP contribution < -0.4 is 11.1 Å². The molecule has 1 unspecified atom stereocenters. The minimum atomic E-state index is -0.0810. The maximum atomic E-state index is 12.0. The van der Waals surface area contributed by atoms with Crippen molar-refractivity contribution in [1.82, 2.24) is 10.2 Å². The Kier molecular flexibility index (Phi) is 4.33. The highest BCUT2D eigenvalue weighted by Gasteiger charge is 2.39. The van der Waals surface area contributed by atoms with Crippen LogP contribution in [0.1, 0.15) is 40.5 Å². The number of hydrogen-bond donors (Lipinski definition) is 2. The van der Waals surface area contributed by atoms with Gasteiger partial charge in [0.15, 0.2) is 0 Å². The molecule has 0 aromatic rings. The van der Waals surface area contributed by atoms with E-state index < -0.39 is 0 Å². The monoisotopic (exact) mass is 227 g/mol. The maximum absolute atomic E-state index is 12.0. The fraction of sp³-hybridized carbons (Fsp3) is 0.917. The summed E-state index contributed by atoms with van der Waals surface area (Å²) in [4.78, 5) is 14.3. The van der Waals surface area contributed by atoms with E-state index in [0.717, 1.165) is 19.4 Å². The summed E-state index contributed by atoms with van der Waals surface area (Å²) in [5, 5.41) is 2.98. The first kappa shape index (κ1) is 13.5. The Hall–Kier alpha value is -0.610. The molecule has 1 saturated heterocycles. The van der Waals surface area contributed by atoms with Crippen LogP contribution in [0, 0.1) is 0 Å². The van der Waals surface area contributed by atoms with Crippen LogP contribution in [0.4, 0.5) is 0 Å². The van der Waals surface area contributed by atoms with Crippen LogP contribution in [0.25, 0.3) is 0 Å². The van der Waals surface area contributed by atoms with Gasteiger partial charge in [0.05, 0.1) is 6.04 Å². The van der Waals surface area contributed by atoms with Crippen LogP contribution in [0.3, 0.4) is 0 Å². The predicted molar refractivity (Wildman–Crippen MR) is 66.1 cm³/mol. The Balaban J connectivity index is 2.99. The van der Waals surface area contributed by atoms with Crippen LogP contribution >= 0.6 is 0 Å². The van der Waals surface area contributed by atoms with Gasteiger partial charge in [-0.3, -0.25) is 9.69 Å². The quantitative estimate of drug-likeness (QED) is 0.746. The zero-order chi connectivity index (χ0) is 12.3. The summed E-state index contributed by atoms with van der Waals surface area (Å²) in [6, 6.07) is 0.276. The summed E-state index contributed by atoms with van der Waals surface area (Å²) in [5.41, 5.74) is 5.67. The molecule has 0 spiro atoms. The highest BCUT2D eigenvalue weighted by atomic mass is 16.2. The first-order valence-corrected chi connectivity index (χ1v) is 6.16. The number of carbonyl (C=O) groups is 1. The standard InChI is InChI=1S/C12H25N3O/c1-9(2)15-10(5-7-13)11(16)14-8-6-12(15,3)4/h9-10H,5-8,13H2,1-4H3,(H,14,16). The van der Waals surface area contributed by atoms with E-state index in [1.54, 1.807) is 0 Å². The minimum absolute atomic E-state index is 0.0488. The van der Waals surface area contributed by atoms with Crippen molar-refractivity contribution in [3.63, 3.8) is 0 Å². The van der Waals surface area contributed by atoms with Crippen LogP contribution in [-0.4, -0.2) is 41.5 Å². The summed E-state index contributed by atoms with van der Waals surface area (Å²) < 4.78 is 0. The molecule has 4 nitrogen and oxygen atoms in total. The van der Waals surface area contributed by atoms with Crippen LogP contribution in [0.5, 0.6) is 0 Å². The second-order valence-electron chi connectivity index (χ2n) is 5.45. The molecule has 1 heterocycles. The first-order chi connectivity index (χ1) is 7.40. The second kappa shape index (κ2) is 5.15. The summed E-state index contributed by atoms with van der Waals surface area (Å²) in [5.74, 6) is 0.129. The lowest BCUT2D eigenvalue weighted by Gasteiger charge is -2.43. The van der Waals surface area contributed by atoms with Crippen molar-refractivity contribution in [2.75, 3.05) is 13.1 Å². The van der Waals surface area contributed by atoms with Gasteiger partial charge in [0.25, 0.3) is 0 Å². The molecule has 94 valence electrons. The zero-order valence-electron chi connectivity index (χ0n) is 10.9. The van der Waals surface area contributed by atoms with Gasteiger partial charge in [0.1, 0.15) is 0 Å². The molecule has 1 aliphatic heterocycles. The smallest absolute Gasteiger partial charge is 0.237 e. The van der Waals surface area contributed by atoms with E-state index in [1.807, 2.05) is 0 Å². The van der Waals surface area contributed by atoms with Crippen molar-refractivity contribution in [3.8, 4) is 0 Å². The molecule has 1 atom stereocenters. The summed E-state index contributed by atoms with van der Waals surface area (Å²) in [6.07, 6.45) is 1.71. The van der Waals surface area contributed by atoms with E-state index in [4.69, 9.17) is 5.73 Å². The van der Waals surface area contributed by atoms with Gasteiger partial charge in [0, 0.05) is 18.1 Å². The Morgan fingerprint density at radius 1 is 1.56 bits per heavy atom. The number of nitrogens with zero attached hydrogens (tertiary/aromatic N) is 1. The van der Waals surface area contributed by atoms with Crippen molar-refractivity contribution in [3.05, 3.63) is 0 Å². The van der Waals surface area contributed by atoms with E-state index in [9.17, 15) is 4.79 Å². The Bertz CT molecular complexity index is 251. The number of hydrogen-bond acceptors (Lipinski definition) is 3. The molecule has 0 aromatic heterocycles. The molecule has 3 N–H and O–H groups in total. The molecule has 0 radical (unpaired) electrons. The highest BCUT2D eigenvalue weighted by Crippen LogP contribution is 2.27. The zero-order valence-corrected chi connectivity index (χ0v) is 10.9. The largest absolute Gasteiger partial charge is 0.355 e. The molecular weight excluding hydrogens is 202 g/mol. The molecule has 1 aliphatic rings. The van der Waals surface area contributed by atoms with Crippen molar-refractivity contribution < 1.29 is 4.79 Å². The van der Waals surface area contributed by atoms with Gasteiger partial charge in [0.2, 0.25) is 5.91 Å². The number of nitrogens with two attached hydrogens (primary N) is 1. The van der Waals surface area contributed by atoms with Crippen molar-refractivity contribution in [1.29, 1.82) is 0 Å². The van der Waals surface area contributed by atoms with Gasteiger partial charge in [-0.25, -0.2) is 0 Å². The van der Waals surface area contributed by atoms with Crippen LogP contribution in [0.15, 0.2) is 0 Å². The molecular formula is C12H25N3O. The minimum Gasteiger partial charge on any atom is -0.355 e. The number of nitrogens with one attached hydrogen (secondary N) is 1. The molecule has 16 heavy (non-hydrogen) atoms. The number of carbonyl (C=O) groups excluding carboxylic acids is 1. The van der Waals surface area contributed by atoms with Crippen molar-refractivity contribution in [2.24, 2.45) is 5.73 Å².